The smallest absolute Gasteiger partial charge is 0.251 e. The maximum atomic E-state index is 13.5. The molecule has 1 fully saturated rings. The fraction of sp³-hybridized carbons (Fsp3) is 0.533. The minimum absolute atomic E-state index is 0.149. The Labute approximate surface area is 127 Å². The first-order chi connectivity index (χ1) is 9.60. The van der Waals surface area contributed by atoms with Crippen LogP contribution in [0.1, 0.15) is 36.0 Å². The molecule has 1 amide bonds. The Morgan fingerprint density at radius 3 is 2.95 bits per heavy atom. The number of methoxy groups -OCH3 is 1. The number of nitrogens with one attached hydrogen (secondary N) is 1. The normalized spacial score (nSPS) is 22.4. The predicted octanol–water partition coefficient (Wildman–Crippen LogP) is 3.52. The summed E-state index contributed by atoms with van der Waals surface area (Å²) in [5.74, 6) is -0.0993. The highest BCUT2D eigenvalue weighted by atomic mass is 79.9. The maximum Gasteiger partial charge on any atom is 0.251 e. The van der Waals surface area contributed by atoms with Gasteiger partial charge in [-0.1, -0.05) is 22.4 Å². The zero-order chi connectivity index (χ0) is 14.5. The van der Waals surface area contributed by atoms with Crippen LogP contribution in [0.4, 0.5) is 4.39 Å². The van der Waals surface area contributed by atoms with Crippen molar-refractivity contribution in [2.75, 3.05) is 13.7 Å². The number of benzene rings is 1. The molecule has 20 heavy (non-hydrogen) atoms. The molecule has 1 aromatic carbocycles. The van der Waals surface area contributed by atoms with Gasteiger partial charge in [0.15, 0.2) is 11.6 Å². The summed E-state index contributed by atoms with van der Waals surface area (Å²) in [6.07, 6.45) is 4.61. The van der Waals surface area contributed by atoms with E-state index in [2.05, 4.69) is 21.2 Å². The number of hydrogen-bond acceptors (Lipinski definition) is 2. The van der Waals surface area contributed by atoms with Gasteiger partial charge in [0.1, 0.15) is 0 Å². The Hall–Kier alpha value is -1.10. The molecule has 0 aliphatic heterocycles. The molecular formula is C15H19BrFNO2. The third kappa shape index (κ3) is 3.95. The second-order valence-electron chi connectivity index (χ2n) is 5.19. The topological polar surface area (TPSA) is 38.3 Å². The third-order valence-electron chi connectivity index (χ3n) is 3.68. The van der Waals surface area contributed by atoms with Crippen molar-refractivity contribution in [2.45, 2.75) is 30.5 Å². The van der Waals surface area contributed by atoms with Crippen LogP contribution in [0.2, 0.25) is 0 Å². The highest BCUT2D eigenvalue weighted by Crippen LogP contribution is 2.28. The Balaban J connectivity index is 1.90. The van der Waals surface area contributed by atoms with Crippen LogP contribution in [0.5, 0.6) is 5.75 Å². The van der Waals surface area contributed by atoms with Gasteiger partial charge in [-0.2, -0.15) is 0 Å². The monoisotopic (exact) mass is 343 g/mol. The van der Waals surface area contributed by atoms with Gasteiger partial charge in [-0.3, -0.25) is 4.79 Å². The van der Waals surface area contributed by atoms with E-state index in [-0.39, 0.29) is 11.7 Å². The van der Waals surface area contributed by atoms with Crippen LogP contribution < -0.4 is 10.1 Å². The minimum Gasteiger partial charge on any atom is -0.494 e. The lowest BCUT2D eigenvalue weighted by atomic mass is 9.89. The molecule has 0 radical (unpaired) electrons. The molecule has 5 heteroatoms. The summed E-state index contributed by atoms with van der Waals surface area (Å²) in [6, 6.07) is 4.26. The van der Waals surface area contributed by atoms with Gasteiger partial charge < -0.3 is 10.1 Å². The van der Waals surface area contributed by atoms with Gasteiger partial charge in [0.2, 0.25) is 0 Å². The fourth-order valence-electron chi connectivity index (χ4n) is 2.56. The summed E-state index contributed by atoms with van der Waals surface area (Å²) in [5, 5.41) is 2.89. The van der Waals surface area contributed by atoms with E-state index < -0.39 is 5.82 Å². The van der Waals surface area contributed by atoms with Crippen molar-refractivity contribution in [2.24, 2.45) is 5.92 Å². The van der Waals surface area contributed by atoms with Crippen molar-refractivity contribution >= 4 is 21.8 Å². The average Bonchev–Trinajstić information content (AvgIpc) is 2.44. The molecule has 1 saturated carbocycles. The molecule has 2 unspecified atom stereocenters. The number of halogens is 2. The first-order valence-electron chi connectivity index (χ1n) is 6.86. The second kappa shape index (κ2) is 7.07. The standard InChI is InChI=1S/C15H19BrFNO2/c1-20-14-6-5-11(8-13(14)17)15(19)18-9-10-3-2-4-12(16)7-10/h5-6,8,10,12H,2-4,7,9H2,1H3,(H,18,19). The SMILES string of the molecule is COc1ccc(C(=O)NCC2CCCC(Br)C2)cc1F. The molecule has 2 atom stereocenters. The van der Waals surface area contributed by atoms with Gasteiger partial charge in [0.25, 0.3) is 5.91 Å². The van der Waals surface area contributed by atoms with Crippen molar-refractivity contribution < 1.29 is 13.9 Å². The Morgan fingerprint density at radius 2 is 2.30 bits per heavy atom. The molecule has 110 valence electrons. The number of carbonyl (C=O) groups is 1. The van der Waals surface area contributed by atoms with Gasteiger partial charge in [0, 0.05) is 16.9 Å². The molecule has 1 N–H and O–H groups in total. The van der Waals surface area contributed by atoms with Crippen LogP contribution in [0.25, 0.3) is 0 Å². The molecular weight excluding hydrogens is 325 g/mol. The van der Waals surface area contributed by atoms with Gasteiger partial charge >= 0.3 is 0 Å². The molecule has 0 saturated heterocycles. The van der Waals surface area contributed by atoms with E-state index in [0.717, 1.165) is 12.8 Å². The van der Waals surface area contributed by atoms with Crippen molar-refractivity contribution in [1.82, 2.24) is 5.32 Å². The molecule has 0 heterocycles. The summed E-state index contributed by atoms with van der Waals surface area (Å²) in [6.45, 7) is 0.647. The largest absolute Gasteiger partial charge is 0.494 e. The Morgan fingerprint density at radius 1 is 1.50 bits per heavy atom. The van der Waals surface area contributed by atoms with Crippen LogP contribution in [-0.4, -0.2) is 24.4 Å². The van der Waals surface area contributed by atoms with Gasteiger partial charge in [-0.15, -0.1) is 0 Å². The number of ether oxygens (including phenoxy) is 1. The van der Waals surface area contributed by atoms with E-state index in [0.29, 0.717) is 22.9 Å². The molecule has 2 rings (SSSR count). The lowest BCUT2D eigenvalue weighted by Crippen LogP contribution is -2.32. The van der Waals surface area contributed by atoms with Gasteiger partial charge in [0.05, 0.1) is 7.11 Å². The van der Waals surface area contributed by atoms with Crippen LogP contribution in [0.3, 0.4) is 0 Å². The highest BCUT2D eigenvalue weighted by Gasteiger charge is 2.20. The Kier molecular flexibility index (Phi) is 5.40. The summed E-state index contributed by atoms with van der Waals surface area (Å²) in [7, 11) is 1.40. The van der Waals surface area contributed by atoms with Crippen LogP contribution in [0.15, 0.2) is 18.2 Å². The minimum atomic E-state index is -0.515. The molecule has 0 spiro atoms. The molecule has 1 aliphatic carbocycles. The van der Waals surface area contributed by atoms with Crippen molar-refractivity contribution in [3.63, 3.8) is 0 Å². The predicted molar refractivity (Wildman–Crippen MR) is 80.0 cm³/mol. The third-order valence-corrected chi connectivity index (χ3v) is 4.52. The number of rotatable bonds is 4. The van der Waals surface area contributed by atoms with Crippen LogP contribution in [0, 0.1) is 11.7 Å². The number of amides is 1. The van der Waals surface area contributed by atoms with Gasteiger partial charge in [-0.05, 0) is 43.4 Å². The van der Waals surface area contributed by atoms with Crippen LogP contribution >= 0.6 is 15.9 Å². The molecule has 3 nitrogen and oxygen atoms in total. The zero-order valence-corrected chi connectivity index (χ0v) is 13.1. The fourth-order valence-corrected chi connectivity index (χ4v) is 3.41. The van der Waals surface area contributed by atoms with Crippen molar-refractivity contribution in [1.29, 1.82) is 0 Å². The van der Waals surface area contributed by atoms with E-state index in [9.17, 15) is 9.18 Å². The molecule has 0 bridgehead atoms. The highest BCUT2D eigenvalue weighted by molar-refractivity contribution is 9.09. The Bertz CT molecular complexity index is 481. The van der Waals surface area contributed by atoms with E-state index in [1.165, 1.54) is 32.1 Å². The summed E-state index contributed by atoms with van der Waals surface area (Å²) < 4.78 is 18.4. The van der Waals surface area contributed by atoms with Gasteiger partial charge in [-0.25, -0.2) is 4.39 Å². The lowest BCUT2D eigenvalue weighted by Gasteiger charge is -2.25. The lowest BCUT2D eigenvalue weighted by molar-refractivity contribution is 0.0943. The van der Waals surface area contributed by atoms with Crippen LogP contribution in [-0.2, 0) is 0 Å². The van der Waals surface area contributed by atoms with E-state index in [1.54, 1.807) is 6.07 Å². The van der Waals surface area contributed by atoms with Crippen molar-refractivity contribution in [3.8, 4) is 5.75 Å². The number of carbonyl (C=O) groups excluding carboxylic acids is 1. The summed E-state index contributed by atoms with van der Waals surface area (Å²) in [5.41, 5.74) is 0.328. The first-order valence-corrected chi connectivity index (χ1v) is 7.77. The summed E-state index contributed by atoms with van der Waals surface area (Å²) >= 11 is 3.63. The van der Waals surface area contributed by atoms with E-state index in [4.69, 9.17) is 4.74 Å². The average molecular weight is 344 g/mol. The van der Waals surface area contributed by atoms with Crippen molar-refractivity contribution in [3.05, 3.63) is 29.6 Å². The zero-order valence-electron chi connectivity index (χ0n) is 11.5. The molecule has 1 aliphatic rings. The summed E-state index contributed by atoms with van der Waals surface area (Å²) in [4.78, 5) is 12.5. The maximum absolute atomic E-state index is 13.5. The van der Waals surface area contributed by atoms with E-state index in [1.807, 2.05) is 0 Å². The molecule has 0 aromatic heterocycles. The number of hydrogen-bond donors (Lipinski definition) is 1. The molecule has 1 aromatic rings. The quantitative estimate of drug-likeness (QED) is 0.849. The second-order valence-corrected chi connectivity index (χ2v) is 6.48. The van der Waals surface area contributed by atoms with E-state index >= 15 is 0 Å². The number of alkyl halides is 1. The first kappa shape index (κ1) is 15.3.